The highest BCUT2D eigenvalue weighted by Gasteiger charge is 2.35. The molecule has 29 heavy (non-hydrogen) atoms. The molecule has 159 valence electrons. The van der Waals surface area contributed by atoms with Crippen molar-refractivity contribution in [2.24, 2.45) is 0 Å². The Morgan fingerprint density at radius 1 is 1.03 bits per heavy atom. The molecule has 3 aliphatic rings. The van der Waals surface area contributed by atoms with E-state index in [9.17, 15) is 18.0 Å². The number of anilines is 1. The zero-order chi connectivity index (χ0) is 20.4. The van der Waals surface area contributed by atoms with Crippen molar-refractivity contribution in [1.29, 1.82) is 0 Å². The number of piperazine rings is 2. The van der Waals surface area contributed by atoms with Gasteiger partial charge in [-0.15, -0.1) is 0 Å². The van der Waals surface area contributed by atoms with Crippen LogP contribution >= 0.6 is 0 Å². The van der Waals surface area contributed by atoms with Gasteiger partial charge >= 0.3 is 6.18 Å². The molecule has 0 spiro atoms. The first kappa shape index (κ1) is 20.5. The lowest BCUT2D eigenvalue weighted by atomic mass is 9.91. The van der Waals surface area contributed by atoms with E-state index in [4.69, 9.17) is 0 Å². The summed E-state index contributed by atoms with van der Waals surface area (Å²) in [5.41, 5.74) is -0.441. The molecule has 0 N–H and O–H groups in total. The number of amides is 1. The Bertz CT molecular complexity index is 706. The first-order chi connectivity index (χ1) is 13.9. The Labute approximate surface area is 170 Å². The maximum absolute atomic E-state index is 13.3. The number of benzene rings is 1. The Morgan fingerprint density at radius 3 is 2.31 bits per heavy atom. The predicted octanol–water partition coefficient (Wildman–Crippen LogP) is 2.32. The van der Waals surface area contributed by atoms with Crippen LogP contribution in [0.5, 0.6) is 0 Å². The molecule has 5 nitrogen and oxygen atoms in total. The number of carbonyl (C=O) groups is 1. The van der Waals surface area contributed by atoms with Gasteiger partial charge in [0.05, 0.1) is 12.1 Å². The summed E-state index contributed by atoms with van der Waals surface area (Å²) in [6.07, 6.45) is -0.495. The van der Waals surface area contributed by atoms with Gasteiger partial charge in [-0.2, -0.15) is 13.2 Å². The molecule has 1 aromatic carbocycles. The molecule has 0 atom stereocenters. The van der Waals surface area contributed by atoms with Crippen molar-refractivity contribution >= 4 is 11.6 Å². The van der Waals surface area contributed by atoms with Crippen LogP contribution < -0.4 is 4.90 Å². The third-order valence-corrected chi connectivity index (χ3v) is 6.48. The van der Waals surface area contributed by atoms with Gasteiger partial charge in [0.15, 0.2) is 0 Å². The molecule has 8 heteroatoms. The van der Waals surface area contributed by atoms with Gasteiger partial charge in [0.25, 0.3) is 0 Å². The second kappa shape index (κ2) is 8.52. The highest BCUT2D eigenvalue weighted by molar-refractivity contribution is 5.78. The highest BCUT2D eigenvalue weighted by atomic mass is 19.4. The van der Waals surface area contributed by atoms with E-state index in [2.05, 4.69) is 15.9 Å². The molecular formula is C21H28F3N4O. The molecule has 0 aromatic heterocycles. The molecule has 3 fully saturated rings. The van der Waals surface area contributed by atoms with E-state index in [1.54, 1.807) is 4.90 Å². The summed E-state index contributed by atoms with van der Waals surface area (Å²) in [4.78, 5) is 20.9. The van der Waals surface area contributed by atoms with Crippen molar-refractivity contribution in [3.05, 3.63) is 29.8 Å². The molecule has 1 aliphatic carbocycles. The topological polar surface area (TPSA) is 30.0 Å². The maximum atomic E-state index is 13.3. The summed E-state index contributed by atoms with van der Waals surface area (Å²) in [7, 11) is 0. The summed E-state index contributed by atoms with van der Waals surface area (Å²) in [6, 6.07) is 7.25. The minimum absolute atomic E-state index is 0.136. The lowest BCUT2D eigenvalue weighted by Crippen LogP contribution is -2.56. The zero-order valence-corrected chi connectivity index (χ0v) is 16.6. The van der Waals surface area contributed by atoms with Gasteiger partial charge in [-0.1, -0.05) is 12.5 Å². The molecule has 1 aromatic rings. The number of nitrogens with zero attached hydrogens (tertiary/aromatic N) is 4. The molecule has 0 unspecified atom stereocenters. The smallest absolute Gasteiger partial charge is 0.368 e. The second-order valence-electron chi connectivity index (χ2n) is 8.21. The van der Waals surface area contributed by atoms with Crippen LogP contribution in [0.1, 0.15) is 24.8 Å². The molecule has 1 amide bonds. The normalized spacial score (nSPS) is 22.6. The average molecular weight is 409 g/mol. The average Bonchev–Trinajstić information content (AvgIpc) is 2.67. The lowest BCUT2D eigenvalue weighted by molar-refractivity contribution is -0.137. The van der Waals surface area contributed by atoms with Gasteiger partial charge in [0, 0.05) is 64.1 Å². The number of hydrogen-bond donors (Lipinski definition) is 0. The number of carbonyl (C=O) groups excluding carboxylic acids is 1. The summed E-state index contributed by atoms with van der Waals surface area (Å²) in [6.45, 7) is 5.96. The van der Waals surface area contributed by atoms with Gasteiger partial charge in [0.2, 0.25) is 5.91 Å². The van der Waals surface area contributed by atoms with Crippen LogP contribution in [0.2, 0.25) is 0 Å². The van der Waals surface area contributed by atoms with Crippen LogP contribution in [-0.2, 0) is 11.0 Å². The summed E-state index contributed by atoms with van der Waals surface area (Å²) >= 11 is 0. The Hall–Kier alpha value is -1.80. The van der Waals surface area contributed by atoms with E-state index < -0.39 is 11.7 Å². The SMILES string of the molecule is O=C(CN1CCN(c2cc[c]cc2C(F)(F)F)CC1)N1CCN(C2CCC2)CC1. The number of rotatable bonds is 4. The zero-order valence-electron chi connectivity index (χ0n) is 16.6. The second-order valence-corrected chi connectivity index (χ2v) is 8.21. The molecule has 2 aliphatic heterocycles. The van der Waals surface area contributed by atoms with Gasteiger partial charge in [0.1, 0.15) is 0 Å². The van der Waals surface area contributed by atoms with Crippen molar-refractivity contribution in [2.45, 2.75) is 31.5 Å². The largest absolute Gasteiger partial charge is 0.418 e. The number of alkyl halides is 3. The van der Waals surface area contributed by atoms with E-state index in [0.29, 0.717) is 32.7 Å². The Morgan fingerprint density at radius 2 is 1.72 bits per heavy atom. The third-order valence-electron chi connectivity index (χ3n) is 6.48. The van der Waals surface area contributed by atoms with Crippen LogP contribution in [0, 0.1) is 6.07 Å². The standard InChI is InChI=1S/C21H28F3N4O/c22-21(23,24)18-6-1-2-7-19(18)27-10-8-25(9-11-27)16-20(29)28-14-12-26(13-15-28)17-4-3-5-17/h2,6-7,17H,3-5,8-16H2. The third kappa shape index (κ3) is 4.69. The van der Waals surface area contributed by atoms with E-state index in [1.165, 1.54) is 31.4 Å². The van der Waals surface area contributed by atoms with Crippen molar-refractivity contribution in [2.75, 3.05) is 63.8 Å². The van der Waals surface area contributed by atoms with E-state index in [0.717, 1.165) is 38.3 Å². The fraction of sp³-hybridized carbons (Fsp3) is 0.667. The van der Waals surface area contributed by atoms with Crippen LogP contribution in [0.4, 0.5) is 18.9 Å². The van der Waals surface area contributed by atoms with Gasteiger partial charge in [-0.3, -0.25) is 14.6 Å². The van der Waals surface area contributed by atoms with Crippen LogP contribution in [0.25, 0.3) is 0 Å². The molecule has 1 saturated carbocycles. The van der Waals surface area contributed by atoms with Crippen molar-refractivity contribution < 1.29 is 18.0 Å². The first-order valence-corrected chi connectivity index (χ1v) is 10.5. The fourth-order valence-corrected chi connectivity index (χ4v) is 4.45. The minimum Gasteiger partial charge on any atom is -0.368 e. The van der Waals surface area contributed by atoms with E-state index in [1.807, 2.05) is 4.90 Å². The first-order valence-electron chi connectivity index (χ1n) is 10.5. The number of halogens is 3. The fourth-order valence-electron chi connectivity index (χ4n) is 4.45. The Balaban J connectivity index is 1.26. The Kier molecular flexibility index (Phi) is 6.01. The predicted molar refractivity (Wildman–Crippen MR) is 105 cm³/mol. The van der Waals surface area contributed by atoms with Crippen molar-refractivity contribution in [1.82, 2.24) is 14.7 Å². The molecule has 2 heterocycles. The molecule has 4 rings (SSSR count). The van der Waals surface area contributed by atoms with Crippen molar-refractivity contribution in [3.8, 4) is 0 Å². The number of hydrogen-bond acceptors (Lipinski definition) is 4. The summed E-state index contributed by atoms with van der Waals surface area (Å²) < 4.78 is 39.8. The monoisotopic (exact) mass is 409 g/mol. The molecule has 1 radical (unpaired) electrons. The maximum Gasteiger partial charge on any atom is 0.418 e. The van der Waals surface area contributed by atoms with E-state index in [-0.39, 0.29) is 11.6 Å². The van der Waals surface area contributed by atoms with Crippen LogP contribution in [-0.4, -0.2) is 85.6 Å². The molecular weight excluding hydrogens is 381 g/mol. The van der Waals surface area contributed by atoms with Crippen molar-refractivity contribution in [3.63, 3.8) is 0 Å². The van der Waals surface area contributed by atoms with Crippen LogP contribution in [0.15, 0.2) is 18.2 Å². The quantitative estimate of drug-likeness (QED) is 0.764. The van der Waals surface area contributed by atoms with Gasteiger partial charge in [-0.25, -0.2) is 0 Å². The van der Waals surface area contributed by atoms with Crippen LogP contribution in [0.3, 0.4) is 0 Å². The molecule has 0 bridgehead atoms. The van der Waals surface area contributed by atoms with E-state index >= 15 is 0 Å². The van der Waals surface area contributed by atoms with Gasteiger partial charge in [-0.05, 0) is 31.0 Å². The lowest BCUT2D eigenvalue weighted by Gasteiger charge is -2.43. The minimum atomic E-state index is -4.39. The summed E-state index contributed by atoms with van der Waals surface area (Å²) in [5.74, 6) is 0.136. The highest BCUT2D eigenvalue weighted by Crippen LogP contribution is 2.36. The summed E-state index contributed by atoms with van der Waals surface area (Å²) in [5, 5.41) is 0. The molecule has 2 saturated heterocycles. The van der Waals surface area contributed by atoms with Gasteiger partial charge < -0.3 is 9.80 Å².